The van der Waals surface area contributed by atoms with Gasteiger partial charge in [-0.05, 0) is 25.1 Å². The average Bonchev–Trinajstić information content (AvgIpc) is 2.19. The van der Waals surface area contributed by atoms with Crippen LogP contribution in [0.5, 0.6) is 5.75 Å². The number of nitrogens with zero attached hydrogens (tertiary/aromatic N) is 1. The molecule has 2 rings (SSSR count). The highest BCUT2D eigenvalue weighted by Crippen LogP contribution is 2.32. The molecule has 0 bridgehead atoms. The lowest BCUT2D eigenvalue weighted by Gasteiger charge is -2.02. The van der Waals surface area contributed by atoms with Crippen LogP contribution < -0.4 is 0 Å². The Morgan fingerprint density at radius 3 is 2.60 bits per heavy atom. The monoisotopic (exact) mass is 203 g/mol. The summed E-state index contributed by atoms with van der Waals surface area (Å²) in [5.74, 6) is 0.0688. The Kier molecular flexibility index (Phi) is 2.04. The molecule has 0 aliphatic rings. The van der Waals surface area contributed by atoms with E-state index >= 15 is 0 Å². The number of nitro benzene ring substituents is 1. The van der Waals surface area contributed by atoms with Crippen LogP contribution in [0.4, 0.5) is 5.69 Å². The number of fused-ring (bicyclic) bond motifs is 1. The summed E-state index contributed by atoms with van der Waals surface area (Å²) in [6.45, 7) is 1.87. The molecule has 4 nitrogen and oxygen atoms in total. The topological polar surface area (TPSA) is 63.4 Å². The second-order valence-electron chi connectivity index (χ2n) is 3.41. The normalized spacial score (nSPS) is 10.5. The number of nitro groups is 1. The first kappa shape index (κ1) is 9.45. The van der Waals surface area contributed by atoms with E-state index in [4.69, 9.17) is 0 Å². The lowest BCUT2D eigenvalue weighted by Crippen LogP contribution is -1.89. The quantitative estimate of drug-likeness (QED) is 0.572. The third-order valence-electron chi connectivity index (χ3n) is 2.32. The van der Waals surface area contributed by atoms with Gasteiger partial charge in [0.05, 0.1) is 10.3 Å². The fraction of sp³-hybridized carbons (Fsp3) is 0.0909. The summed E-state index contributed by atoms with van der Waals surface area (Å²) in [7, 11) is 0. The SMILES string of the molecule is Cc1ccc2c([N+](=O)[O-])ccc(O)c2c1. The summed E-state index contributed by atoms with van der Waals surface area (Å²) in [5.41, 5.74) is 0.973. The fourth-order valence-electron chi connectivity index (χ4n) is 1.59. The summed E-state index contributed by atoms with van der Waals surface area (Å²) in [5, 5.41) is 21.3. The summed E-state index contributed by atoms with van der Waals surface area (Å²) in [6, 6.07) is 7.84. The minimum atomic E-state index is -0.447. The number of phenolic OH excluding ortho intramolecular Hbond substituents is 1. The number of phenols is 1. The standard InChI is InChI=1S/C11H9NO3/c1-7-2-3-8-9(6-7)11(13)5-4-10(8)12(14)15/h2-6,13H,1H3. The molecule has 2 aromatic rings. The Labute approximate surface area is 85.9 Å². The van der Waals surface area contributed by atoms with Crippen molar-refractivity contribution < 1.29 is 10.0 Å². The highest BCUT2D eigenvalue weighted by Gasteiger charge is 2.13. The maximum absolute atomic E-state index is 10.7. The molecule has 0 saturated carbocycles. The first-order chi connectivity index (χ1) is 7.09. The van der Waals surface area contributed by atoms with Gasteiger partial charge in [0.2, 0.25) is 0 Å². The van der Waals surface area contributed by atoms with Gasteiger partial charge >= 0.3 is 0 Å². The lowest BCUT2D eigenvalue weighted by molar-refractivity contribution is -0.383. The van der Waals surface area contributed by atoms with E-state index in [-0.39, 0.29) is 11.4 Å². The number of hydrogen-bond donors (Lipinski definition) is 1. The highest BCUT2D eigenvalue weighted by atomic mass is 16.6. The van der Waals surface area contributed by atoms with Crippen LogP contribution in [-0.4, -0.2) is 10.0 Å². The van der Waals surface area contributed by atoms with Crippen molar-refractivity contribution in [2.75, 3.05) is 0 Å². The van der Waals surface area contributed by atoms with Crippen molar-refractivity contribution in [3.63, 3.8) is 0 Å². The maximum atomic E-state index is 10.7. The van der Waals surface area contributed by atoms with Crippen molar-refractivity contribution in [3.05, 3.63) is 46.0 Å². The molecule has 0 fully saturated rings. The molecule has 0 spiro atoms. The number of hydrogen-bond acceptors (Lipinski definition) is 3. The first-order valence-electron chi connectivity index (χ1n) is 4.46. The van der Waals surface area contributed by atoms with E-state index in [9.17, 15) is 15.2 Å². The molecule has 76 valence electrons. The molecule has 15 heavy (non-hydrogen) atoms. The van der Waals surface area contributed by atoms with E-state index in [2.05, 4.69) is 0 Å². The number of aryl methyl sites for hydroxylation is 1. The van der Waals surface area contributed by atoms with Crippen LogP contribution in [-0.2, 0) is 0 Å². The van der Waals surface area contributed by atoms with Gasteiger partial charge in [0.1, 0.15) is 5.75 Å². The van der Waals surface area contributed by atoms with Gasteiger partial charge in [-0.15, -0.1) is 0 Å². The van der Waals surface area contributed by atoms with E-state index in [1.807, 2.05) is 6.92 Å². The summed E-state index contributed by atoms with van der Waals surface area (Å²) in [6.07, 6.45) is 0. The van der Waals surface area contributed by atoms with Crippen molar-refractivity contribution >= 4 is 16.5 Å². The molecule has 0 saturated heterocycles. The Hall–Kier alpha value is -2.10. The van der Waals surface area contributed by atoms with Crippen molar-refractivity contribution in [2.24, 2.45) is 0 Å². The summed E-state index contributed by atoms with van der Waals surface area (Å²) in [4.78, 5) is 10.3. The van der Waals surface area contributed by atoms with Gasteiger partial charge < -0.3 is 5.11 Å². The molecule has 0 unspecified atom stereocenters. The first-order valence-corrected chi connectivity index (χ1v) is 4.46. The van der Waals surface area contributed by atoms with Gasteiger partial charge in [-0.3, -0.25) is 10.1 Å². The molecular formula is C11H9NO3. The van der Waals surface area contributed by atoms with Crippen LogP contribution >= 0.6 is 0 Å². The number of aromatic hydroxyl groups is 1. The molecule has 0 heterocycles. The van der Waals surface area contributed by atoms with Gasteiger partial charge in [0.25, 0.3) is 5.69 Å². The van der Waals surface area contributed by atoms with E-state index < -0.39 is 4.92 Å². The van der Waals surface area contributed by atoms with Crippen LogP contribution in [0.2, 0.25) is 0 Å². The molecule has 4 heteroatoms. The van der Waals surface area contributed by atoms with E-state index in [1.165, 1.54) is 12.1 Å². The number of non-ortho nitro benzene ring substituents is 1. The van der Waals surface area contributed by atoms with Crippen molar-refractivity contribution in [1.82, 2.24) is 0 Å². The van der Waals surface area contributed by atoms with Crippen molar-refractivity contribution in [3.8, 4) is 5.75 Å². The maximum Gasteiger partial charge on any atom is 0.277 e. The second-order valence-corrected chi connectivity index (χ2v) is 3.41. The molecule has 0 aromatic heterocycles. The summed E-state index contributed by atoms with van der Waals surface area (Å²) < 4.78 is 0. The lowest BCUT2D eigenvalue weighted by atomic mass is 10.1. The minimum Gasteiger partial charge on any atom is -0.507 e. The molecule has 1 N–H and O–H groups in total. The molecule has 0 atom stereocenters. The van der Waals surface area contributed by atoms with Crippen molar-refractivity contribution in [2.45, 2.75) is 6.92 Å². The molecule has 0 aliphatic carbocycles. The predicted molar refractivity (Wildman–Crippen MR) is 57.0 cm³/mol. The van der Waals surface area contributed by atoms with Crippen LogP contribution in [0.1, 0.15) is 5.56 Å². The van der Waals surface area contributed by atoms with Crippen LogP contribution in [0.25, 0.3) is 10.8 Å². The smallest absolute Gasteiger partial charge is 0.277 e. The highest BCUT2D eigenvalue weighted by molar-refractivity contribution is 5.95. The van der Waals surface area contributed by atoms with Crippen LogP contribution in [0, 0.1) is 17.0 Å². The van der Waals surface area contributed by atoms with Crippen molar-refractivity contribution in [1.29, 1.82) is 0 Å². The van der Waals surface area contributed by atoms with Crippen LogP contribution in [0.3, 0.4) is 0 Å². The average molecular weight is 203 g/mol. The summed E-state index contributed by atoms with van der Waals surface area (Å²) >= 11 is 0. The predicted octanol–water partition coefficient (Wildman–Crippen LogP) is 2.76. The molecule has 0 aliphatic heterocycles. The molecule has 2 aromatic carbocycles. The molecule has 0 radical (unpaired) electrons. The fourth-order valence-corrected chi connectivity index (χ4v) is 1.59. The molecular weight excluding hydrogens is 194 g/mol. The van der Waals surface area contributed by atoms with Gasteiger partial charge in [-0.25, -0.2) is 0 Å². The Bertz CT molecular complexity index is 549. The third kappa shape index (κ3) is 1.50. The second kappa shape index (κ2) is 3.24. The Morgan fingerprint density at radius 1 is 1.20 bits per heavy atom. The zero-order chi connectivity index (χ0) is 11.0. The molecule has 0 amide bonds. The third-order valence-corrected chi connectivity index (χ3v) is 2.32. The van der Waals surface area contributed by atoms with E-state index in [0.717, 1.165) is 5.56 Å². The Morgan fingerprint density at radius 2 is 1.93 bits per heavy atom. The largest absolute Gasteiger partial charge is 0.507 e. The number of rotatable bonds is 1. The van der Waals surface area contributed by atoms with Gasteiger partial charge in [-0.1, -0.05) is 11.6 Å². The van der Waals surface area contributed by atoms with Gasteiger partial charge in [0.15, 0.2) is 0 Å². The van der Waals surface area contributed by atoms with Gasteiger partial charge in [-0.2, -0.15) is 0 Å². The van der Waals surface area contributed by atoms with E-state index in [0.29, 0.717) is 10.8 Å². The zero-order valence-corrected chi connectivity index (χ0v) is 8.10. The van der Waals surface area contributed by atoms with E-state index in [1.54, 1.807) is 18.2 Å². The van der Waals surface area contributed by atoms with Gasteiger partial charge in [0, 0.05) is 11.5 Å². The zero-order valence-electron chi connectivity index (χ0n) is 8.10. The Balaban J connectivity index is 2.88. The van der Waals surface area contributed by atoms with Crippen LogP contribution in [0.15, 0.2) is 30.3 Å². The minimum absolute atomic E-state index is 0.0165. The number of benzene rings is 2.